The predicted molar refractivity (Wildman–Crippen MR) is 76.8 cm³/mol. The normalized spacial score (nSPS) is 15.2. The van der Waals surface area contributed by atoms with Crippen molar-refractivity contribution in [3.8, 4) is 0 Å². The van der Waals surface area contributed by atoms with E-state index < -0.39 is 0 Å². The van der Waals surface area contributed by atoms with Gasteiger partial charge in [-0.2, -0.15) is 5.10 Å². The largest absolute Gasteiger partial charge is 0.376 e. The molecule has 1 fully saturated rings. The van der Waals surface area contributed by atoms with Crippen LogP contribution in [0.5, 0.6) is 0 Å². The molecule has 5 heteroatoms. The first-order chi connectivity index (χ1) is 9.75. The number of aryl methyl sites for hydroxylation is 1. The summed E-state index contributed by atoms with van der Waals surface area (Å²) in [6.07, 6.45) is 5.74. The number of ether oxygens (including phenoxy) is 1. The number of H-pyrrole nitrogens is 1. The molecule has 3 rings (SSSR count). The average molecular weight is 273 g/mol. The smallest absolute Gasteiger partial charge is 0.251 e. The fourth-order valence-electron chi connectivity index (χ4n) is 2.43. The van der Waals surface area contributed by atoms with E-state index in [1.807, 2.05) is 19.1 Å². The highest BCUT2D eigenvalue weighted by molar-refractivity contribution is 6.00. The number of hydrogen-bond acceptors (Lipinski definition) is 3. The zero-order valence-electron chi connectivity index (χ0n) is 11.6. The van der Waals surface area contributed by atoms with Crippen LogP contribution >= 0.6 is 0 Å². The number of amides is 1. The molecule has 1 aromatic carbocycles. The number of aromatic amines is 1. The van der Waals surface area contributed by atoms with E-state index in [0.717, 1.165) is 29.3 Å². The molecule has 0 saturated heterocycles. The van der Waals surface area contributed by atoms with Crippen molar-refractivity contribution in [2.75, 3.05) is 13.2 Å². The minimum absolute atomic E-state index is 0.0530. The Kier molecular flexibility index (Phi) is 3.69. The molecular weight excluding hydrogens is 254 g/mol. The Morgan fingerprint density at radius 3 is 3.10 bits per heavy atom. The molecule has 0 spiro atoms. The predicted octanol–water partition coefficient (Wildman–Crippen LogP) is 2.17. The SMILES string of the molecule is Cc1c(C(=O)NCCOC2CCC2)ccc2[nH]ncc12. The van der Waals surface area contributed by atoms with Crippen LogP contribution < -0.4 is 5.32 Å². The van der Waals surface area contributed by atoms with Crippen molar-refractivity contribution in [3.05, 3.63) is 29.5 Å². The Morgan fingerprint density at radius 2 is 2.35 bits per heavy atom. The summed E-state index contributed by atoms with van der Waals surface area (Å²) in [7, 11) is 0. The lowest BCUT2D eigenvalue weighted by Gasteiger charge is -2.25. The van der Waals surface area contributed by atoms with Crippen LogP contribution in [0.25, 0.3) is 10.9 Å². The number of hydrogen-bond donors (Lipinski definition) is 2. The fourth-order valence-corrected chi connectivity index (χ4v) is 2.43. The zero-order valence-corrected chi connectivity index (χ0v) is 11.6. The monoisotopic (exact) mass is 273 g/mol. The Hall–Kier alpha value is -1.88. The van der Waals surface area contributed by atoms with Crippen LogP contribution in [0.4, 0.5) is 0 Å². The number of nitrogens with one attached hydrogen (secondary N) is 2. The van der Waals surface area contributed by atoms with E-state index in [1.54, 1.807) is 6.20 Å². The van der Waals surface area contributed by atoms with Crippen molar-refractivity contribution >= 4 is 16.8 Å². The van der Waals surface area contributed by atoms with Gasteiger partial charge in [0, 0.05) is 17.5 Å². The van der Waals surface area contributed by atoms with Crippen molar-refractivity contribution in [1.29, 1.82) is 0 Å². The van der Waals surface area contributed by atoms with Crippen LogP contribution in [0.2, 0.25) is 0 Å². The van der Waals surface area contributed by atoms with Crippen LogP contribution in [0.3, 0.4) is 0 Å². The first kappa shape index (κ1) is 13.1. The molecule has 0 aliphatic heterocycles. The summed E-state index contributed by atoms with van der Waals surface area (Å²) in [5.74, 6) is -0.0530. The molecule has 20 heavy (non-hydrogen) atoms. The molecule has 1 aromatic heterocycles. The molecule has 1 aliphatic carbocycles. The number of nitrogens with zero attached hydrogens (tertiary/aromatic N) is 1. The molecule has 2 aromatic rings. The summed E-state index contributed by atoms with van der Waals surface area (Å²) in [6.45, 7) is 3.08. The number of aromatic nitrogens is 2. The van der Waals surface area contributed by atoms with Crippen molar-refractivity contribution < 1.29 is 9.53 Å². The van der Waals surface area contributed by atoms with Crippen LogP contribution in [0.1, 0.15) is 35.2 Å². The molecule has 1 heterocycles. The maximum atomic E-state index is 12.2. The quantitative estimate of drug-likeness (QED) is 0.820. The Balaban J connectivity index is 1.58. The van der Waals surface area contributed by atoms with Gasteiger partial charge in [-0.05, 0) is 43.9 Å². The molecule has 0 atom stereocenters. The molecule has 2 N–H and O–H groups in total. The van der Waals surface area contributed by atoms with Gasteiger partial charge in [0.25, 0.3) is 5.91 Å². The molecular formula is C15H19N3O2. The van der Waals surface area contributed by atoms with Gasteiger partial charge in [-0.1, -0.05) is 0 Å². The first-order valence-electron chi connectivity index (χ1n) is 7.08. The highest BCUT2D eigenvalue weighted by Gasteiger charge is 2.17. The van der Waals surface area contributed by atoms with E-state index in [2.05, 4.69) is 15.5 Å². The van der Waals surface area contributed by atoms with Crippen LogP contribution in [0, 0.1) is 6.92 Å². The zero-order chi connectivity index (χ0) is 13.9. The molecule has 106 valence electrons. The number of fused-ring (bicyclic) bond motifs is 1. The second kappa shape index (κ2) is 5.63. The van der Waals surface area contributed by atoms with E-state index >= 15 is 0 Å². The van der Waals surface area contributed by atoms with E-state index in [1.165, 1.54) is 6.42 Å². The van der Waals surface area contributed by atoms with Crippen molar-refractivity contribution in [2.45, 2.75) is 32.3 Å². The molecule has 1 saturated carbocycles. The van der Waals surface area contributed by atoms with Gasteiger partial charge in [-0.3, -0.25) is 9.89 Å². The van der Waals surface area contributed by atoms with E-state index in [-0.39, 0.29) is 5.91 Å². The van der Waals surface area contributed by atoms with Gasteiger partial charge in [-0.25, -0.2) is 0 Å². The van der Waals surface area contributed by atoms with E-state index in [4.69, 9.17) is 4.74 Å². The maximum Gasteiger partial charge on any atom is 0.251 e. The van der Waals surface area contributed by atoms with Crippen LogP contribution in [0.15, 0.2) is 18.3 Å². The van der Waals surface area contributed by atoms with E-state index in [0.29, 0.717) is 24.8 Å². The number of carbonyl (C=O) groups is 1. The molecule has 0 radical (unpaired) electrons. The highest BCUT2D eigenvalue weighted by Crippen LogP contribution is 2.21. The third-order valence-corrected chi connectivity index (χ3v) is 3.93. The van der Waals surface area contributed by atoms with Crippen molar-refractivity contribution in [2.24, 2.45) is 0 Å². The van der Waals surface area contributed by atoms with Crippen molar-refractivity contribution in [3.63, 3.8) is 0 Å². The summed E-state index contributed by atoms with van der Waals surface area (Å²) in [4.78, 5) is 12.2. The van der Waals surface area contributed by atoms with Gasteiger partial charge < -0.3 is 10.1 Å². The Labute approximate surface area is 117 Å². The summed E-state index contributed by atoms with van der Waals surface area (Å²) in [5.41, 5.74) is 2.60. The molecule has 5 nitrogen and oxygen atoms in total. The van der Waals surface area contributed by atoms with Crippen LogP contribution in [-0.4, -0.2) is 35.4 Å². The van der Waals surface area contributed by atoms with Gasteiger partial charge in [0.15, 0.2) is 0 Å². The molecule has 1 aliphatic rings. The van der Waals surface area contributed by atoms with Gasteiger partial charge >= 0.3 is 0 Å². The van der Waals surface area contributed by atoms with Crippen molar-refractivity contribution in [1.82, 2.24) is 15.5 Å². The Morgan fingerprint density at radius 1 is 1.50 bits per heavy atom. The molecule has 1 amide bonds. The Bertz CT molecular complexity index is 617. The topological polar surface area (TPSA) is 67.0 Å². The number of benzene rings is 1. The van der Waals surface area contributed by atoms with Gasteiger partial charge in [0.1, 0.15) is 0 Å². The molecule has 0 unspecified atom stereocenters. The third kappa shape index (κ3) is 2.54. The van der Waals surface area contributed by atoms with E-state index in [9.17, 15) is 4.79 Å². The lowest BCUT2D eigenvalue weighted by molar-refractivity contribution is 0.00440. The van der Waals surface area contributed by atoms with Gasteiger partial charge in [-0.15, -0.1) is 0 Å². The second-order valence-electron chi connectivity index (χ2n) is 5.25. The first-order valence-corrected chi connectivity index (χ1v) is 7.08. The highest BCUT2D eigenvalue weighted by atomic mass is 16.5. The second-order valence-corrected chi connectivity index (χ2v) is 5.25. The summed E-state index contributed by atoms with van der Waals surface area (Å²) >= 11 is 0. The third-order valence-electron chi connectivity index (χ3n) is 3.93. The maximum absolute atomic E-state index is 12.2. The summed E-state index contributed by atoms with van der Waals surface area (Å²) in [5, 5.41) is 10.8. The summed E-state index contributed by atoms with van der Waals surface area (Å²) in [6, 6.07) is 3.72. The standard InChI is InChI=1S/C15H19N3O2/c1-10-12(5-6-14-13(10)9-17-18-14)15(19)16-7-8-20-11-3-2-4-11/h5-6,9,11H,2-4,7-8H2,1H3,(H,16,19)(H,17,18). The lowest BCUT2D eigenvalue weighted by atomic mass is 9.96. The molecule has 0 bridgehead atoms. The average Bonchev–Trinajstić information content (AvgIpc) is 2.85. The lowest BCUT2D eigenvalue weighted by Crippen LogP contribution is -2.31. The van der Waals surface area contributed by atoms with Gasteiger partial charge in [0.2, 0.25) is 0 Å². The van der Waals surface area contributed by atoms with Crippen LogP contribution in [-0.2, 0) is 4.74 Å². The minimum Gasteiger partial charge on any atom is -0.376 e. The van der Waals surface area contributed by atoms with Gasteiger partial charge in [0.05, 0.1) is 24.4 Å². The number of carbonyl (C=O) groups excluding carboxylic acids is 1. The number of rotatable bonds is 5. The summed E-state index contributed by atoms with van der Waals surface area (Å²) < 4.78 is 5.62. The minimum atomic E-state index is -0.0530. The fraction of sp³-hybridized carbons (Fsp3) is 0.467.